The summed E-state index contributed by atoms with van der Waals surface area (Å²) in [4.78, 5) is 0. The summed E-state index contributed by atoms with van der Waals surface area (Å²) in [7, 11) is 0. The van der Waals surface area contributed by atoms with E-state index >= 15 is 0 Å². The lowest BCUT2D eigenvalue weighted by Gasteiger charge is -2.05. The minimum Gasteiger partial charge on any atom is -0.378 e. The molecule has 0 saturated heterocycles. The van der Waals surface area contributed by atoms with Crippen molar-refractivity contribution in [2.45, 2.75) is 20.4 Å². The number of aromatic nitrogens is 2. The van der Waals surface area contributed by atoms with E-state index in [9.17, 15) is 0 Å². The Bertz CT molecular complexity index is 662. The molecule has 2 heterocycles. The second-order valence-electron chi connectivity index (χ2n) is 4.42. The van der Waals surface area contributed by atoms with Gasteiger partial charge < -0.3 is 5.32 Å². The molecule has 0 bridgehead atoms. The highest BCUT2D eigenvalue weighted by molar-refractivity contribution is 7.17. The van der Waals surface area contributed by atoms with Crippen molar-refractivity contribution in [3.63, 3.8) is 0 Å². The average Bonchev–Trinajstić information content (AvgIpc) is 2.93. The number of nitrogens with one attached hydrogen (secondary N) is 2. The fourth-order valence-corrected chi connectivity index (χ4v) is 3.13. The molecule has 0 unspecified atom stereocenters. The highest BCUT2D eigenvalue weighted by Crippen LogP contribution is 2.27. The van der Waals surface area contributed by atoms with Gasteiger partial charge in [0.25, 0.3) is 0 Å². The van der Waals surface area contributed by atoms with Crippen molar-refractivity contribution >= 4 is 27.1 Å². The van der Waals surface area contributed by atoms with Crippen LogP contribution in [0, 0.1) is 13.8 Å². The molecule has 1 aromatic carbocycles. The molecule has 0 radical (unpaired) electrons. The zero-order valence-corrected chi connectivity index (χ0v) is 11.3. The number of fused-ring (bicyclic) bond motifs is 1. The maximum absolute atomic E-state index is 4.19. The Kier molecular flexibility index (Phi) is 2.80. The fourth-order valence-electron chi connectivity index (χ4n) is 2.16. The summed E-state index contributed by atoms with van der Waals surface area (Å²) in [6.07, 6.45) is 0. The highest BCUT2D eigenvalue weighted by Gasteiger charge is 2.07. The quantitative estimate of drug-likeness (QED) is 0.748. The summed E-state index contributed by atoms with van der Waals surface area (Å²) < 4.78 is 1.34. The minimum atomic E-state index is 0.839. The molecular weight excluding hydrogens is 242 g/mol. The van der Waals surface area contributed by atoms with Crippen LogP contribution < -0.4 is 5.32 Å². The third kappa shape index (κ3) is 1.88. The monoisotopic (exact) mass is 257 g/mol. The van der Waals surface area contributed by atoms with Gasteiger partial charge in [-0.15, -0.1) is 11.3 Å². The number of aryl methyl sites for hydroxylation is 2. The van der Waals surface area contributed by atoms with Crippen molar-refractivity contribution in [1.29, 1.82) is 0 Å². The standard InChI is InChI=1S/C14H15N3S/c1-9-14(10(2)17-16-9)15-7-11-8-18-13-6-4-3-5-12(11)13/h3-6,8,15H,7H2,1-2H3,(H,16,17). The number of H-pyrrole nitrogens is 1. The number of hydrogen-bond donors (Lipinski definition) is 2. The van der Waals surface area contributed by atoms with E-state index in [1.54, 1.807) is 11.3 Å². The third-order valence-electron chi connectivity index (χ3n) is 3.14. The van der Waals surface area contributed by atoms with Crippen molar-refractivity contribution in [3.8, 4) is 0 Å². The lowest BCUT2D eigenvalue weighted by Crippen LogP contribution is -2.00. The van der Waals surface area contributed by atoms with Crippen LogP contribution in [0.1, 0.15) is 17.0 Å². The first kappa shape index (κ1) is 11.3. The number of anilines is 1. The van der Waals surface area contributed by atoms with Crippen LogP contribution in [-0.2, 0) is 6.54 Å². The molecule has 0 aliphatic rings. The molecule has 2 aromatic heterocycles. The first-order chi connectivity index (χ1) is 8.75. The SMILES string of the molecule is Cc1n[nH]c(C)c1NCc1csc2ccccc12. The average molecular weight is 257 g/mol. The molecule has 92 valence electrons. The number of nitrogens with zero attached hydrogens (tertiary/aromatic N) is 1. The molecular formula is C14H15N3S. The smallest absolute Gasteiger partial charge is 0.0825 e. The largest absolute Gasteiger partial charge is 0.378 e. The van der Waals surface area contributed by atoms with E-state index < -0.39 is 0 Å². The number of aromatic amines is 1. The molecule has 0 aliphatic carbocycles. The second-order valence-corrected chi connectivity index (χ2v) is 5.33. The van der Waals surface area contributed by atoms with Gasteiger partial charge in [-0.25, -0.2) is 0 Å². The van der Waals surface area contributed by atoms with Gasteiger partial charge >= 0.3 is 0 Å². The lowest BCUT2D eigenvalue weighted by molar-refractivity contribution is 1.02. The minimum absolute atomic E-state index is 0.839. The van der Waals surface area contributed by atoms with E-state index in [0.29, 0.717) is 0 Å². The Hall–Kier alpha value is -1.81. The lowest BCUT2D eigenvalue weighted by atomic mass is 10.2. The van der Waals surface area contributed by atoms with E-state index in [2.05, 4.69) is 45.2 Å². The van der Waals surface area contributed by atoms with Crippen molar-refractivity contribution in [3.05, 3.63) is 46.6 Å². The maximum atomic E-state index is 4.19. The zero-order valence-electron chi connectivity index (χ0n) is 10.4. The van der Waals surface area contributed by atoms with E-state index in [-0.39, 0.29) is 0 Å². The Balaban J connectivity index is 1.85. The summed E-state index contributed by atoms with van der Waals surface area (Å²) >= 11 is 1.80. The van der Waals surface area contributed by atoms with Gasteiger partial charge in [0.15, 0.2) is 0 Å². The Morgan fingerprint density at radius 2 is 2.11 bits per heavy atom. The van der Waals surface area contributed by atoms with Gasteiger partial charge in [0.2, 0.25) is 0 Å². The zero-order chi connectivity index (χ0) is 12.5. The predicted molar refractivity (Wildman–Crippen MR) is 77.2 cm³/mol. The van der Waals surface area contributed by atoms with Crippen LogP contribution in [0.25, 0.3) is 10.1 Å². The van der Waals surface area contributed by atoms with Crippen LogP contribution >= 0.6 is 11.3 Å². The van der Waals surface area contributed by atoms with Crippen LogP contribution in [0.3, 0.4) is 0 Å². The molecule has 0 atom stereocenters. The molecule has 0 fully saturated rings. The van der Waals surface area contributed by atoms with Crippen molar-refractivity contribution in [2.24, 2.45) is 0 Å². The summed E-state index contributed by atoms with van der Waals surface area (Å²) in [6, 6.07) is 8.52. The second kappa shape index (κ2) is 4.46. The first-order valence-corrected chi connectivity index (χ1v) is 6.84. The molecule has 0 saturated carbocycles. The number of hydrogen-bond acceptors (Lipinski definition) is 3. The Morgan fingerprint density at radius 3 is 2.89 bits per heavy atom. The van der Waals surface area contributed by atoms with E-state index in [1.807, 2.05) is 13.8 Å². The van der Waals surface area contributed by atoms with Gasteiger partial charge in [-0.3, -0.25) is 5.10 Å². The summed E-state index contributed by atoms with van der Waals surface area (Å²) in [5, 5.41) is 14.2. The van der Waals surface area contributed by atoms with Gasteiger partial charge in [0.05, 0.1) is 17.1 Å². The molecule has 3 aromatic rings. The van der Waals surface area contributed by atoms with Crippen LogP contribution in [-0.4, -0.2) is 10.2 Å². The van der Waals surface area contributed by atoms with E-state index in [4.69, 9.17) is 0 Å². The summed E-state index contributed by atoms with van der Waals surface area (Å²) in [6.45, 7) is 4.89. The van der Waals surface area contributed by atoms with Gasteiger partial charge in [0, 0.05) is 11.2 Å². The molecule has 2 N–H and O–H groups in total. The number of rotatable bonds is 3. The first-order valence-electron chi connectivity index (χ1n) is 5.96. The van der Waals surface area contributed by atoms with Crippen LogP contribution in [0.2, 0.25) is 0 Å². The van der Waals surface area contributed by atoms with Gasteiger partial charge in [0.1, 0.15) is 0 Å². The summed E-state index contributed by atoms with van der Waals surface area (Å²) in [5.74, 6) is 0. The van der Waals surface area contributed by atoms with Gasteiger partial charge in [-0.1, -0.05) is 18.2 Å². The molecule has 0 spiro atoms. The van der Waals surface area contributed by atoms with Gasteiger partial charge in [-0.05, 0) is 36.2 Å². The van der Waals surface area contributed by atoms with E-state index in [0.717, 1.165) is 23.6 Å². The predicted octanol–water partition coefficient (Wildman–Crippen LogP) is 3.85. The molecule has 18 heavy (non-hydrogen) atoms. The topological polar surface area (TPSA) is 40.7 Å². The molecule has 4 heteroatoms. The third-order valence-corrected chi connectivity index (χ3v) is 4.16. The highest BCUT2D eigenvalue weighted by atomic mass is 32.1. The molecule has 3 rings (SSSR count). The van der Waals surface area contributed by atoms with Crippen molar-refractivity contribution in [1.82, 2.24) is 10.2 Å². The molecule has 0 amide bonds. The van der Waals surface area contributed by atoms with Crippen LogP contribution in [0.4, 0.5) is 5.69 Å². The van der Waals surface area contributed by atoms with Crippen LogP contribution in [0.15, 0.2) is 29.6 Å². The van der Waals surface area contributed by atoms with Crippen molar-refractivity contribution < 1.29 is 0 Å². The molecule has 0 aliphatic heterocycles. The fraction of sp³-hybridized carbons (Fsp3) is 0.214. The molecule has 3 nitrogen and oxygen atoms in total. The Morgan fingerprint density at radius 1 is 1.28 bits per heavy atom. The maximum Gasteiger partial charge on any atom is 0.0825 e. The number of thiophene rings is 1. The van der Waals surface area contributed by atoms with E-state index in [1.165, 1.54) is 15.6 Å². The van der Waals surface area contributed by atoms with Crippen LogP contribution in [0.5, 0.6) is 0 Å². The number of benzene rings is 1. The van der Waals surface area contributed by atoms with Gasteiger partial charge in [-0.2, -0.15) is 5.10 Å². The summed E-state index contributed by atoms with van der Waals surface area (Å²) in [5.41, 5.74) is 4.57. The Labute approximate surface area is 110 Å². The van der Waals surface area contributed by atoms with Crippen molar-refractivity contribution in [2.75, 3.05) is 5.32 Å². The normalized spacial score (nSPS) is 11.0.